The second-order valence-electron chi connectivity index (χ2n) is 6.96. The maximum Gasteiger partial charge on any atom is 0.305 e. The normalized spacial score (nSPS) is 19.4. The number of amides is 1. The molecule has 0 bridgehead atoms. The summed E-state index contributed by atoms with van der Waals surface area (Å²) < 4.78 is 7.20. The van der Waals surface area contributed by atoms with Gasteiger partial charge in [-0.1, -0.05) is 18.2 Å². The van der Waals surface area contributed by atoms with Crippen LogP contribution in [0.15, 0.2) is 30.3 Å². The highest BCUT2D eigenvalue weighted by molar-refractivity contribution is 5.81. The van der Waals surface area contributed by atoms with E-state index in [-0.39, 0.29) is 30.9 Å². The van der Waals surface area contributed by atoms with Gasteiger partial charge in [-0.15, -0.1) is 0 Å². The van der Waals surface area contributed by atoms with E-state index in [2.05, 4.69) is 5.10 Å². The first-order chi connectivity index (χ1) is 12.9. The topological polar surface area (TPSA) is 84.7 Å². The van der Waals surface area contributed by atoms with Crippen molar-refractivity contribution in [2.24, 2.45) is 0 Å². The molecule has 144 valence electrons. The summed E-state index contributed by atoms with van der Waals surface area (Å²) in [4.78, 5) is 25.8. The third-order valence-corrected chi connectivity index (χ3v) is 5.21. The molecule has 2 aromatic rings. The van der Waals surface area contributed by atoms with E-state index < -0.39 is 5.97 Å². The molecule has 3 rings (SSSR count). The van der Waals surface area contributed by atoms with Gasteiger partial charge in [-0.3, -0.25) is 9.59 Å². The van der Waals surface area contributed by atoms with Gasteiger partial charge in [-0.05, 0) is 32.4 Å². The molecule has 7 heteroatoms. The molecule has 1 amide bonds. The predicted molar refractivity (Wildman–Crippen MR) is 99.9 cm³/mol. The van der Waals surface area contributed by atoms with Crippen molar-refractivity contribution in [2.45, 2.75) is 45.3 Å². The zero-order chi connectivity index (χ0) is 19.6. The third-order valence-electron chi connectivity index (χ3n) is 5.21. The lowest BCUT2D eigenvalue weighted by Gasteiger charge is -2.23. The summed E-state index contributed by atoms with van der Waals surface area (Å²) in [6.45, 7) is 4.27. The van der Waals surface area contributed by atoms with Gasteiger partial charge in [0.25, 0.3) is 0 Å². The SMILES string of the molecule is COC1CC(CC(=O)O)N(C(=O)Cc2c(C)nn(-c3ccccc3)c2C)C1. The molecule has 1 aliphatic heterocycles. The van der Waals surface area contributed by atoms with Crippen molar-refractivity contribution >= 4 is 11.9 Å². The quantitative estimate of drug-likeness (QED) is 0.841. The van der Waals surface area contributed by atoms with Crippen LogP contribution in [0.4, 0.5) is 0 Å². The molecule has 2 atom stereocenters. The lowest BCUT2D eigenvalue weighted by molar-refractivity contribution is -0.139. The van der Waals surface area contributed by atoms with E-state index in [1.807, 2.05) is 48.9 Å². The second-order valence-corrected chi connectivity index (χ2v) is 6.96. The monoisotopic (exact) mass is 371 g/mol. The summed E-state index contributed by atoms with van der Waals surface area (Å²) in [7, 11) is 1.59. The molecule has 27 heavy (non-hydrogen) atoms. The maximum absolute atomic E-state index is 13.0. The molecular formula is C20H25N3O4. The molecule has 1 fully saturated rings. The summed E-state index contributed by atoms with van der Waals surface area (Å²) in [6.07, 6.45) is 0.576. The number of aliphatic carboxylic acids is 1. The molecular weight excluding hydrogens is 346 g/mol. The van der Waals surface area contributed by atoms with Gasteiger partial charge in [-0.2, -0.15) is 5.10 Å². The van der Waals surface area contributed by atoms with Crippen LogP contribution >= 0.6 is 0 Å². The number of likely N-dealkylation sites (tertiary alicyclic amines) is 1. The fraction of sp³-hybridized carbons (Fsp3) is 0.450. The highest BCUT2D eigenvalue weighted by atomic mass is 16.5. The van der Waals surface area contributed by atoms with E-state index in [0.29, 0.717) is 13.0 Å². The summed E-state index contributed by atoms with van der Waals surface area (Å²) >= 11 is 0. The van der Waals surface area contributed by atoms with Crippen molar-refractivity contribution in [3.05, 3.63) is 47.3 Å². The number of methoxy groups -OCH3 is 1. The number of nitrogens with zero attached hydrogens (tertiary/aromatic N) is 3. The summed E-state index contributed by atoms with van der Waals surface area (Å²) in [5.74, 6) is -0.988. The lowest BCUT2D eigenvalue weighted by Crippen LogP contribution is -2.38. The van der Waals surface area contributed by atoms with Crippen molar-refractivity contribution in [3.63, 3.8) is 0 Å². The van der Waals surface area contributed by atoms with Gasteiger partial charge in [0.05, 0.1) is 30.3 Å². The number of hydrogen-bond acceptors (Lipinski definition) is 4. The summed E-state index contributed by atoms with van der Waals surface area (Å²) in [6, 6.07) is 9.45. The molecule has 0 saturated carbocycles. The molecule has 0 aliphatic carbocycles. The number of rotatable bonds is 6. The minimum atomic E-state index is -0.904. The molecule has 0 spiro atoms. The van der Waals surface area contributed by atoms with E-state index in [0.717, 1.165) is 22.6 Å². The molecule has 7 nitrogen and oxygen atoms in total. The fourth-order valence-electron chi connectivity index (χ4n) is 3.75. The van der Waals surface area contributed by atoms with Gasteiger partial charge in [0.15, 0.2) is 0 Å². The maximum atomic E-state index is 13.0. The van der Waals surface area contributed by atoms with Gasteiger partial charge in [0, 0.05) is 31.0 Å². The Morgan fingerprint density at radius 2 is 1.96 bits per heavy atom. The molecule has 2 heterocycles. The van der Waals surface area contributed by atoms with E-state index >= 15 is 0 Å². The van der Waals surface area contributed by atoms with E-state index in [9.17, 15) is 9.59 Å². The predicted octanol–water partition coefficient (Wildman–Crippen LogP) is 2.12. The van der Waals surface area contributed by atoms with E-state index in [1.54, 1.807) is 12.0 Å². The Bertz CT molecular complexity index is 831. The minimum absolute atomic E-state index is 0.0627. The largest absolute Gasteiger partial charge is 0.481 e. The minimum Gasteiger partial charge on any atom is -0.481 e. The number of aryl methyl sites for hydroxylation is 1. The first-order valence-corrected chi connectivity index (χ1v) is 9.05. The standard InChI is InChI=1S/C20H25N3O4/c1-13-18(14(2)23(21-13)15-7-5-4-6-8-15)11-19(24)22-12-17(27-3)9-16(22)10-20(25)26/h4-8,16-17H,9-12H2,1-3H3,(H,25,26). The summed E-state index contributed by atoms with van der Waals surface area (Å²) in [5, 5.41) is 13.7. The molecule has 1 N–H and O–H groups in total. The van der Waals surface area contributed by atoms with Crippen molar-refractivity contribution in [2.75, 3.05) is 13.7 Å². The zero-order valence-electron chi connectivity index (χ0n) is 15.9. The van der Waals surface area contributed by atoms with Crippen LogP contribution in [0.2, 0.25) is 0 Å². The zero-order valence-corrected chi connectivity index (χ0v) is 15.9. The smallest absolute Gasteiger partial charge is 0.305 e. The van der Waals surface area contributed by atoms with Crippen molar-refractivity contribution in [1.29, 1.82) is 0 Å². The van der Waals surface area contributed by atoms with Gasteiger partial charge >= 0.3 is 5.97 Å². The van der Waals surface area contributed by atoms with Crippen molar-refractivity contribution < 1.29 is 19.4 Å². The number of carbonyl (C=O) groups is 2. The van der Waals surface area contributed by atoms with Gasteiger partial charge in [0.2, 0.25) is 5.91 Å². The van der Waals surface area contributed by atoms with Crippen molar-refractivity contribution in [3.8, 4) is 5.69 Å². The molecule has 1 aromatic heterocycles. The molecule has 1 saturated heterocycles. The van der Waals surface area contributed by atoms with Crippen LogP contribution in [0.25, 0.3) is 5.69 Å². The Balaban J connectivity index is 1.81. The number of carboxylic acids is 1. The van der Waals surface area contributed by atoms with Gasteiger partial charge in [-0.25, -0.2) is 4.68 Å². The van der Waals surface area contributed by atoms with Gasteiger partial charge in [0.1, 0.15) is 0 Å². The number of benzene rings is 1. The number of aromatic nitrogens is 2. The Labute approximate surface area is 158 Å². The average Bonchev–Trinajstić information content (AvgIpc) is 3.17. The van der Waals surface area contributed by atoms with Crippen LogP contribution < -0.4 is 0 Å². The number of hydrogen-bond donors (Lipinski definition) is 1. The number of ether oxygens (including phenoxy) is 1. The number of carboxylic acid groups (broad SMARTS) is 1. The number of para-hydroxylation sites is 1. The molecule has 1 aliphatic rings. The Hall–Kier alpha value is -2.67. The molecule has 2 unspecified atom stereocenters. The second kappa shape index (κ2) is 7.92. The summed E-state index contributed by atoms with van der Waals surface area (Å²) in [5.41, 5.74) is 3.56. The fourth-order valence-corrected chi connectivity index (χ4v) is 3.75. The first kappa shape index (κ1) is 19.1. The Morgan fingerprint density at radius 3 is 2.59 bits per heavy atom. The van der Waals surface area contributed by atoms with Crippen LogP contribution in [0, 0.1) is 13.8 Å². The Morgan fingerprint density at radius 1 is 1.26 bits per heavy atom. The highest BCUT2D eigenvalue weighted by Gasteiger charge is 2.36. The van der Waals surface area contributed by atoms with Crippen LogP contribution in [0.5, 0.6) is 0 Å². The number of carbonyl (C=O) groups excluding carboxylic acids is 1. The van der Waals surface area contributed by atoms with Crippen LogP contribution in [0.1, 0.15) is 29.8 Å². The molecule has 1 aromatic carbocycles. The van der Waals surface area contributed by atoms with Crippen LogP contribution in [-0.2, 0) is 20.7 Å². The molecule has 0 radical (unpaired) electrons. The third kappa shape index (κ3) is 4.03. The van der Waals surface area contributed by atoms with Crippen LogP contribution in [-0.4, -0.2) is 57.5 Å². The van der Waals surface area contributed by atoms with Crippen LogP contribution in [0.3, 0.4) is 0 Å². The lowest BCUT2D eigenvalue weighted by atomic mass is 10.1. The van der Waals surface area contributed by atoms with Crippen molar-refractivity contribution in [1.82, 2.24) is 14.7 Å². The van der Waals surface area contributed by atoms with E-state index in [4.69, 9.17) is 9.84 Å². The first-order valence-electron chi connectivity index (χ1n) is 9.05. The Kier molecular flexibility index (Phi) is 5.60. The average molecular weight is 371 g/mol. The van der Waals surface area contributed by atoms with E-state index in [1.165, 1.54) is 0 Å². The highest BCUT2D eigenvalue weighted by Crippen LogP contribution is 2.25. The van der Waals surface area contributed by atoms with Gasteiger partial charge < -0.3 is 14.7 Å².